The van der Waals surface area contributed by atoms with Gasteiger partial charge in [0.05, 0.1) is 13.7 Å². The summed E-state index contributed by atoms with van der Waals surface area (Å²) < 4.78 is 10.9. The SMILES string of the molecule is CCOc1ccc(C(=O)N2CCN(CCc3ccncc3)CC2)cc1OC. The van der Waals surface area contributed by atoms with Crippen LogP contribution in [0.15, 0.2) is 42.7 Å². The van der Waals surface area contributed by atoms with Crippen molar-refractivity contribution in [2.75, 3.05) is 46.4 Å². The third kappa shape index (κ3) is 4.98. The van der Waals surface area contributed by atoms with Crippen LogP contribution in [0.25, 0.3) is 0 Å². The molecule has 2 heterocycles. The Morgan fingerprint density at radius 1 is 1.07 bits per heavy atom. The molecule has 2 aromatic rings. The van der Waals surface area contributed by atoms with Gasteiger partial charge in [-0.15, -0.1) is 0 Å². The van der Waals surface area contributed by atoms with E-state index in [0.717, 1.165) is 39.1 Å². The molecule has 0 spiro atoms. The third-order valence-corrected chi connectivity index (χ3v) is 4.84. The van der Waals surface area contributed by atoms with Crippen molar-refractivity contribution in [3.8, 4) is 11.5 Å². The Morgan fingerprint density at radius 2 is 1.81 bits per heavy atom. The molecule has 0 radical (unpaired) electrons. The number of pyridine rings is 1. The number of hydrogen-bond acceptors (Lipinski definition) is 5. The van der Waals surface area contributed by atoms with Gasteiger partial charge in [-0.2, -0.15) is 0 Å². The number of piperazine rings is 1. The van der Waals surface area contributed by atoms with E-state index in [4.69, 9.17) is 9.47 Å². The fourth-order valence-electron chi connectivity index (χ4n) is 3.27. The Hall–Kier alpha value is -2.60. The molecule has 3 rings (SSSR count). The zero-order valence-corrected chi connectivity index (χ0v) is 16.1. The molecule has 1 amide bonds. The van der Waals surface area contributed by atoms with Crippen molar-refractivity contribution in [1.29, 1.82) is 0 Å². The van der Waals surface area contributed by atoms with Crippen LogP contribution in [0.1, 0.15) is 22.8 Å². The molecular formula is C21H27N3O3. The highest BCUT2D eigenvalue weighted by atomic mass is 16.5. The van der Waals surface area contributed by atoms with Gasteiger partial charge in [0, 0.05) is 50.7 Å². The zero-order valence-electron chi connectivity index (χ0n) is 16.1. The minimum absolute atomic E-state index is 0.0464. The molecule has 0 bridgehead atoms. The Morgan fingerprint density at radius 3 is 2.48 bits per heavy atom. The van der Waals surface area contributed by atoms with Gasteiger partial charge in [0.2, 0.25) is 0 Å². The number of nitrogens with zero attached hydrogens (tertiary/aromatic N) is 3. The number of aromatic nitrogens is 1. The van der Waals surface area contributed by atoms with Crippen LogP contribution in [0.3, 0.4) is 0 Å². The van der Waals surface area contributed by atoms with Gasteiger partial charge >= 0.3 is 0 Å². The monoisotopic (exact) mass is 369 g/mol. The highest BCUT2D eigenvalue weighted by Crippen LogP contribution is 2.28. The molecule has 1 fully saturated rings. The van der Waals surface area contributed by atoms with Crippen LogP contribution >= 0.6 is 0 Å². The van der Waals surface area contributed by atoms with Crippen LogP contribution in [0.2, 0.25) is 0 Å². The number of rotatable bonds is 7. The summed E-state index contributed by atoms with van der Waals surface area (Å²) in [7, 11) is 1.59. The second-order valence-electron chi connectivity index (χ2n) is 6.54. The van der Waals surface area contributed by atoms with Crippen LogP contribution in [0.4, 0.5) is 0 Å². The van der Waals surface area contributed by atoms with Gasteiger partial charge < -0.3 is 14.4 Å². The average molecular weight is 369 g/mol. The van der Waals surface area contributed by atoms with Gasteiger partial charge in [-0.05, 0) is 49.2 Å². The lowest BCUT2D eigenvalue weighted by Crippen LogP contribution is -2.49. The predicted octanol–water partition coefficient (Wildman–Crippen LogP) is 2.49. The van der Waals surface area contributed by atoms with Crippen molar-refractivity contribution in [1.82, 2.24) is 14.8 Å². The number of benzene rings is 1. The molecule has 6 heteroatoms. The van der Waals surface area contributed by atoms with E-state index in [-0.39, 0.29) is 5.91 Å². The maximum Gasteiger partial charge on any atom is 0.254 e. The molecule has 0 aliphatic carbocycles. The first-order valence-corrected chi connectivity index (χ1v) is 9.42. The minimum atomic E-state index is 0.0464. The molecule has 144 valence electrons. The van der Waals surface area contributed by atoms with Crippen molar-refractivity contribution in [2.45, 2.75) is 13.3 Å². The molecule has 0 saturated carbocycles. The fraction of sp³-hybridized carbons (Fsp3) is 0.429. The van der Waals surface area contributed by atoms with Crippen molar-refractivity contribution in [3.05, 3.63) is 53.9 Å². The molecule has 0 unspecified atom stereocenters. The molecule has 1 aliphatic rings. The third-order valence-electron chi connectivity index (χ3n) is 4.84. The Balaban J connectivity index is 1.53. The van der Waals surface area contributed by atoms with E-state index in [1.165, 1.54) is 5.56 Å². The summed E-state index contributed by atoms with van der Waals surface area (Å²) in [5.74, 6) is 1.31. The largest absolute Gasteiger partial charge is 0.493 e. The Kier molecular flexibility index (Phi) is 6.65. The summed E-state index contributed by atoms with van der Waals surface area (Å²) in [6.07, 6.45) is 4.67. The Bertz CT molecular complexity index is 744. The molecule has 27 heavy (non-hydrogen) atoms. The minimum Gasteiger partial charge on any atom is -0.493 e. The molecule has 1 aromatic carbocycles. The second-order valence-corrected chi connectivity index (χ2v) is 6.54. The summed E-state index contributed by atoms with van der Waals surface area (Å²) in [6.45, 7) is 6.76. The molecule has 0 N–H and O–H groups in total. The first kappa shape index (κ1) is 19.2. The van der Waals surface area contributed by atoms with E-state index in [1.807, 2.05) is 30.3 Å². The first-order chi connectivity index (χ1) is 13.2. The number of ether oxygens (including phenoxy) is 2. The van der Waals surface area contributed by atoms with Crippen LogP contribution in [0, 0.1) is 0 Å². The van der Waals surface area contributed by atoms with Crippen molar-refractivity contribution in [2.24, 2.45) is 0 Å². The average Bonchev–Trinajstić information content (AvgIpc) is 2.73. The Labute approximate surface area is 160 Å². The number of amides is 1. The van der Waals surface area contributed by atoms with Gasteiger partial charge in [-0.1, -0.05) is 0 Å². The summed E-state index contributed by atoms with van der Waals surface area (Å²) in [5, 5.41) is 0. The van der Waals surface area contributed by atoms with E-state index in [1.54, 1.807) is 19.2 Å². The van der Waals surface area contributed by atoms with Gasteiger partial charge in [-0.3, -0.25) is 14.7 Å². The lowest BCUT2D eigenvalue weighted by Gasteiger charge is -2.34. The number of carbonyl (C=O) groups is 1. The van der Waals surface area contributed by atoms with Crippen LogP contribution < -0.4 is 9.47 Å². The fourth-order valence-corrected chi connectivity index (χ4v) is 3.27. The van der Waals surface area contributed by atoms with E-state index >= 15 is 0 Å². The summed E-state index contributed by atoms with van der Waals surface area (Å²) in [4.78, 5) is 21.2. The summed E-state index contributed by atoms with van der Waals surface area (Å²) in [5.41, 5.74) is 1.94. The molecule has 1 aromatic heterocycles. The van der Waals surface area contributed by atoms with Crippen molar-refractivity contribution >= 4 is 5.91 Å². The molecule has 6 nitrogen and oxygen atoms in total. The standard InChI is InChI=1S/C21H27N3O3/c1-3-27-19-5-4-18(16-20(19)26-2)21(25)24-14-12-23(13-15-24)11-8-17-6-9-22-10-7-17/h4-7,9-10,16H,3,8,11-15H2,1-2H3. The van der Waals surface area contributed by atoms with Crippen molar-refractivity contribution < 1.29 is 14.3 Å². The lowest BCUT2D eigenvalue weighted by atomic mass is 10.1. The smallest absolute Gasteiger partial charge is 0.254 e. The number of hydrogen-bond donors (Lipinski definition) is 0. The number of carbonyl (C=O) groups excluding carboxylic acids is 1. The molecule has 0 atom stereocenters. The molecule has 1 saturated heterocycles. The van der Waals surface area contributed by atoms with Crippen molar-refractivity contribution in [3.63, 3.8) is 0 Å². The van der Waals surface area contributed by atoms with Crippen LogP contribution in [-0.2, 0) is 6.42 Å². The van der Waals surface area contributed by atoms with E-state index < -0.39 is 0 Å². The second kappa shape index (κ2) is 9.37. The number of methoxy groups -OCH3 is 1. The van der Waals surface area contributed by atoms with Gasteiger partial charge in [0.25, 0.3) is 5.91 Å². The van der Waals surface area contributed by atoms with Crippen LogP contribution in [-0.4, -0.2) is 67.1 Å². The molecule has 1 aliphatic heterocycles. The first-order valence-electron chi connectivity index (χ1n) is 9.42. The maximum atomic E-state index is 12.8. The van der Waals surface area contributed by atoms with Gasteiger partial charge in [0.1, 0.15) is 0 Å². The van der Waals surface area contributed by atoms with E-state index in [0.29, 0.717) is 23.7 Å². The summed E-state index contributed by atoms with van der Waals surface area (Å²) in [6, 6.07) is 9.49. The maximum absolute atomic E-state index is 12.8. The van der Waals surface area contributed by atoms with Gasteiger partial charge in [0.15, 0.2) is 11.5 Å². The topological polar surface area (TPSA) is 54.9 Å². The highest BCUT2D eigenvalue weighted by molar-refractivity contribution is 5.95. The van der Waals surface area contributed by atoms with Gasteiger partial charge in [-0.25, -0.2) is 0 Å². The molecular weight excluding hydrogens is 342 g/mol. The normalized spacial score (nSPS) is 14.8. The quantitative estimate of drug-likeness (QED) is 0.751. The van der Waals surface area contributed by atoms with E-state index in [9.17, 15) is 4.79 Å². The van der Waals surface area contributed by atoms with Crippen LogP contribution in [0.5, 0.6) is 11.5 Å². The lowest BCUT2D eigenvalue weighted by molar-refractivity contribution is 0.0638. The summed E-state index contributed by atoms with van der Waals surface area (Å²) >= 11 is 0. The van der Waals surface area contributed by atoms with E-state index in [2.05, 4.69) is 22.0 Å². The highest BCUT2D eigenvalue weighted by Gasteiger charge is 2.23. The predicted molar refractivity (Wildman–Crippen MR) is 104 cm³/mol. The zero-order chi connectivity index (χ0) is 19.1.